The molecule has 0 spiro atoms. The minimum atomic E-state index is -0.366. The Morgan fingerprint density at radius 1 is 1.09 bits per heavy atom. The standard InChI is InChI=1S/C25H20ClFN4O/c1-13-20(26)9-16(10-21(13)27)15-4-6-22-18(8-15)24(31-17-5-7-23(28)30-11-17)19(12-29-22)25(32)14-2-3-14/h4-12,14H,2-3H2,1H3,(H2,28,30)(H,29,31). The maximum absolute atomic E-state index is 14.3. The van der Waals surface area contributed by atoms with E-state index in [1.54, 1.807) is 37.5 Å². The Morgan fingerprint density at radius 2 is 1.91 bits per heavy atom. The number of nitrogens with zero attached hydrogens (tertiary/aromatic N) is 2. The Balaban J connectivity index is 1.69. The Morgan fingerprint density at radius 3 is 2.59 bits per heavy atom. The van der Waals surface area contributed by atoms with Crippen LogP contribution in [0.25, 0.3) is 22.0 Å². The number of hydrogen-bond donors (Lipinski definition) is 2. The average molecular weight is 447 g/mol. The first-order chi connectivity index (χ1) is 15.4. The van der Waals surface area contributed by atoms with Gasteiger partial charge in [0, 0.05) is 28.1 Å². The Kier molecular flexibility index (Phi) is 5.02. The van der Waals surface area contributed by atoms with Gasteiger partial charge in [0.25, 0.3) is 0 Å². The van der Waals surface area contributed by atoms with Gasteiger partial charge in [0.05, 0.1) is 28.7 Å². The zero-order valence-electron chi connectivity index (χ0n) is 17.3. The molecular formula is C25H20ClFN4O. The molecule has 5 nitrogen and oxygen atoms in total. The third-order valence-electron chi connectivity index (χ3n) is 5.75. The average Bonchev–Trinajstić information content (AvgIpc) is 3.63. The molecule has 0 atom stereocenters. The number of nitrogens with two attached hydrogens (primary N) is 1. The van der Waals surface area contributed by atoms with Crippen LogP contribution in [-0.4, -0.2) is 15.8 Å². The lowest BCUT2D eigenvalue weighted by molar-refractivity contribution is 0.0968. The number of halogens is 2. The van der Waals surface area contributed by atoms with Crippen molar-refractivity contribution in [2.45, 2.75) is 19.8 Å². The lowest BCUT2D eigenvalue weighted by Gasteiger charge is -2.15. The summed E-state index contributed by atoms with van der Waals surface area (Å²) in [5, 5.41) is 4.45. The van der Waals surface area contributed by atoms with Crippen molar-refractivity contribution in [3.63, 3.8) is 0 Å². The summed E-state index contributed by atoms with van der Waals surface area (Å²) in [5.41, 5.74) is 10.1. The highest BCUT2D eigenvalue weighted by Crippen LogP contribution is 2.39. The highest BCUT2D eigenvalue weighted by atomic mass is 35.5. The lowest BCUT2D eigenvalue weighted by atomic mass is 9.98. The van der Waals surface area contributed by atoms with Crippen LogP contribution >= 0.6 is 11.6 Å². The van der Waals surface area contributed by atoms with Crippen LogP contribution in [0.2, 0.25) is 5.02 Å². The van der Waals surface area contributed by atoms with Gasteiger partial charge in [-0.15, -0.1) is 0 Å². The minimum Gasteiger partial charge on any atom is -0.384 e. The molecule has 32 heavy (non-hydrogen) atoms. The van der Waals surface area contributed by atoms with E-state index in [-0.39, 0.29) is 17.5 Å². The number of Topliss-reactive ketones (excluding diaryl/α,β-unsaturated/α-hetero) is 1. The molecule has 2 heterocycles. The molecule has 1 aliphatic rings. The minimum absolute atomic E-state index is 0.0347. The third-order valence-corrected chi connectivity index (χ3v) is 6.14. The number of carbonyl (C=O) groups is 1. The van der Waals surface area contributed by atoms with Gasteiger partial charge in [-0.25, -0.2) is 9.37 Å². The molecule has 2 aromatic carbocycles. The number of fused-ring (bicyclic) bond motifs is 1. The fourth-order valence-corrected chi connectivity index (χ4v) is 3.90. The maximum Gasteiger partial charge on any atom is 0.169 e. The van der Waals surface area contributed by atoms with Gasteiger partial charge in [-0.2, -0.15) is 0 Å². The summed E-state index contributed by atoms with van der Waals surface area (Å²) in [4.78, 5) is 21.7. The van der Waals surface area contributed by atoms with Crippen molar-refractivity contribution in [3.05, 3.63) is 76.8 Å². The van der Waals surface area contributed by atoms with Crippen LogP contribution in [0.3, 0.4) is 0 Å². The Labute approximate surface area is 189 Å². The third kappa shape index (κ3) is 3.78. The molecule has 0 aliphatic heterocycles. The normalized spacial score (nSPS) is 13.3. The highest BCUT2D eigenvalue weighted by molar-refractivity contribution is 6.31. The summed E-state index contributed by atoms with van der Waals surface area (Å²) in [7, 11) is 0. The van der Waals surface area contributed by atoms with E-state index in [1.165, 1.54) is 6.07 Å². The van der Waals surface area contributed by atoms with E-state index in [0.717, 1.165) is 23.8 Å². The first kappa shape index (κ1) is 20.4. The van der Waals surface area contributed by atoms with Crippen molar-refractivity contribution in [3.8, 4) is 11.1 Å². The SMILES string of the molecule is Cc1c(F)cc(-c2ccc3ncc(C(=O)C4CC4)c(Nc4ccc(N)nc4)c3c2)cc1Cl. The van der Waals surface area contributed by atoms with Crippen LogP contribution in [0.4, 0.5) is 21.6 Å². The zero-order valence-corrected chi connectivity index (χ0v) is 18.1. The van der Waals surface area contributed by atoms with Crippen LogP contribution in [-0.2, 0) is 0 Å². The molecular weight excluding hydrogens is 427 g/mol. The quantitative estimate of drug-likeness (QED) is 0.351. The van der Waals surface area contributed by atoms with Gasteiger partial charge >= 0.3 is 0 Å². The number of nitrogen functional groups attached to an aromatic ring is 1. The molecule has 1 fully saturated rings. The molecule has 0 unspecified atom stereocenters. The predicted octanol–water partition coefficient (Wildman–Crippen LogP) is 6.32. The molecule has 5 rings (SSSR count). The van der Waals surface area contributed by atoms with E-state index < -0.39 is 0 Å². The van der Waals surface area contributed by atoms with Crippen LogP contribution in [0.5, 0.6) is 0 Å². The van der Waals surface area contributed by atoms with Crippen molar-refractivity contribution < 1.29 is 9.18 Å². The van der Waals surface area contributed by atoms with Gasteiger partial charge in [-0.1, -0.05) is 17.7 Å². The second-order valence-corrected chi connectivity index (χ2v) is 8.49. The van der Waals surface area contributed by atoms with Crippen LogP contribution in [0.1, 0.15) is 28.8 Å². The number of carbonyl (C=O) groups excluding carboxylic acids is 1. The first-order valence-electron chi connectivity index (χ1n) is 10.3. The molecule has 0 amide bonds. The van der Waals surface area contributed by atoms with E-state index in [1.807, 2.05) is 18.2 Å². The van der Waals surface area contributed by atoms with E-state index in [4.69, 9.17) is 17.3 Å². The second kappa shape index (κ2) is 7.88. The van der Waals surface area contributed by atoms with Gasteiger partial charge in [-0.3, -0.25) is 9.78 Å². The van der Waals surface area contributed by atoms with Gasteiger partial charge in [-0.05, 0) is 67.3 Å². The molecule has 0 bridgehead atoms. The molecule has 3 N–H and O–H groups in total. The number of aromatic nitrogens is 2. The fraction of sp³-hybridized carbons (Fsp3) is 0.160. The second-order valence-electron chi connectivity index (χ2n) is 8.08. The topological polar surface area (TPSA) is 80.9 Å². The van der Waals surface area contributed by atoms with E-state index >= 15 is 0 Å². The molecule has 0 saturated heterocycles. The highest BCUT2D eigenvalue weighted by Gasteiger charge is 2.32. The molecule has 0 radical (unpaired) electrons. The van der Waals surface area contributed by atoms with Gasteiger partial charge in [0.15, 0.2) is 5.78 Å². The number of rotatable bonds is 5. The first-order valence-corrected chi connectivity index (χ1v) is 10.7. The van der Waals surface area contributed by atoms with Gasteiger partial charge in [0.2, 0.25) is 0 Å². The number of benzene rings is 2. The summed E-state index contributed by atoms with van der Waals surface area (Å²) in [6, 6.07) is 12.3. The summed E-state index contributed by atoms with van der Waals surface area (Å²) in [6.07, 6.45) is 5.02. The van der Waals surface area contributed by atoms with Crippen molar-refractivity contribution >= 4 is 45.5 Å². The predicted molar refractivity (Wildman–Crippen MR) is 126 cm³/mol. The van der Waals surface area contributed by atoms with E-state index in [0.29, 0.717) is 44.4 Å². The van der Waals surface area contributed by atoms with Gasteiger partial charge in [0.1, 0.15) is 11.6 Å². The maximum atomic E-state index is 14.3. The van der Waals surface area contributed by atoms with Crippen LogP contribution in [0.15, 0.2) is 54.9 Å². The van der Waals surface area contributed by atoms with Crippen molar-refractivity contribution in [1.29, 1.82) is 0 Å². The molecule has 7 heteroatoms. The lowest BCUT2D eigenvalue weighted by Crippen LogP contribution is -2.08. The van der Waals surface area contributed by atoms with Crippen molar-refractivity contribution in [2.75, 3.05) is 11.1 Å². The van der Waals surface area contributed by atoms with E-state index in [9.17, 15) is 9.18 Å². The number of hydrogen-bond acceptors (Lipinski definition) is 5. The molecule has 4 aromatic rings. The number of anilines is 3. The number of nitrogens with one attached hydrogen (secondary N) is 1. The van der Waals surface area contributed by atoms with E-state index in [2.05, 4.69) is 15.3 Å². The summed E-state index contributed by atoms with van der Waals surface area (Å²) in [6.45, 7) is 1.64. The monoisotopic (exact) mass is 446 g/mol. The number of pyridine rings is 2. The van der Waals surface area contributed by atoms with Crippen LogP contribution < -0.4 is 11.1 Å². The van der Waals surface area contributed by atoms with Gasteiger partial charge < -0.3 is 11.1 Å². The largest absolute Gasteiger partial charge is 0.384 e. The van der Waals surface area contributed by atoms with Crippen molar-refractivity contribution in [1.82, 2.24) is 9.97 Å². The van der Waals surface area contributed by atoms with Crippen LogP contribution in [0, 0.1) is 18.7 Å². The fourth-order valence-electron chi connectivity index (χ4n) is 3.69. The molecule has 160 valence electrons. The summed E-state index contributed by atoms with van der Waals surface area (Å²) >= 11 is 6.22. The summed E-state index contributed by atoms with van der Waals surface area (Å²) < 4.78 is 14.3. The molecule has 1 saturated carbocycles. The Bertz CT molecular complexity index is 1340. The summed E-state index contributed by atoms with van der Waals surface area (Å²) in [5.74, 6) is 0.146. The zero-order chi connectivity index (χ0) is 22.4. The number of ketones is 1. The van der Waals surface area contributed by atoms with Crippen molar-refractivity contribution in [2.24, 2.45) is 5.92 Å². The molecule has 1 aliphatic carbocycles. The smallest absolute Gasteiger partial charge is 0.169 e. The molecule has 2 aromatic heterocycles. The Hall–Kier alpha value is -3.51.